The molecule has 0 unspecified atom stereocenters. The summed E-state index contributed by atoms with van der Waals surface area (Å²) in [6, 6.07) is 15.5. The lowest BCUT2D eigenvalue weighted by Crippen LogP contribution is -2.24. The number of anilines is 2. The smallest absolute Gasteiger partial charge is 0.133 e. The Bertz CT molecular complexity index is 805. The van der Waals surface area contributed by atoms with Crippen molar-refractivity contribution in [3.63, 3.8) is 0 Å². The third kappa shape index (κ3) is 1.91. The second-order valence-electron chi connectivity index (χ2n) is 5.10. The summed E-state index contributed by atoms with van der Waals surface area (Å²) >= 11 is 0. The summed E-state index contributed by atoms with van der Waals surface area (Å²) in [7, 11) is 0. The van der Waals surface area contributed by atoms with Crippen LogP contribution in [0.25, 0.3) is 10.8 Å². The van der Waals surface area contributed by atoms with Gasteiger partial charge in [0.15, 0.2) is 0 Å². The van der Waals surface area contributed by atoms with E-state index in [4.69, 9.17) is 0 Å². The molecule has 4 heteroatoms. The number of nitrogens with one attached hydrogen (secondary N) is 2. The van der Waals surface area contributed by atoms with E-state index in [1.54, 1.807) is 0 Å². The fraction of sp³-hybridized carbons (Fsp3) is 0.0588. The molecule has 0 radical (unpaired) electrons. The minimum absolute atomic E-state index is 0.392. The van der Waals surface area contributed by atoms with Crippen molar-refractivity contribution in [1.29, 1.82) is 0 Å². The van der Waals surface area contributed by atoms with E-state index in [0.717, 1.165) is 28.2 Å². The van der Waals surface area contributed by atoms with Crippen molar-refractivity contribution < 1.29 is 8.78 Å². The average molecular weight is 282 g/mol. The molecule has 0 saturated carbocycles. The SMILES string of the molecule is Fc1ccc(C2Nc3cccc4cccc(c34)N2)c(F)c1. The maximum atomic E-state index is 14.0. The molecule has 3 aromatic rings. The molecule has 3 aromatic carbocycles. The molecule has 0 aliphatic carbocycles. The molecule has 104 valence electrons. The first-order valence-electron chi connectivity index (χ1n) is 6.72. The van der Waals surface area contributed by atoms with Gasteiger partial charge in [-0.2, -0.15) is 0 Å². The normalized spacial score (nSPS) is 13.8. The number of hydrogen-bond acceptors (Lipinski definition) is 2. The Morgan fingerprint density at radius 2 is 1.48 bits per heavy atom. The molecule has 4 rings (SSSR count). The van der Waals surface area contributed by atoms with Gasteiger partial charge in [-0.15, -0.1) is 0 Å². The molecule has 0 saturated heterocycles. The van der Waals surface area contributed by atoms with E-state index in [1.807, 2.05) is 36.4 Å². The molecule has 2 nitrogen and oxygen atoms in total. The minimum Gasteiger partial charge on any atom is -0.361 e. The van der Waals surface area contributed by atoms with Crippen LogP contribution < -0.4 is 10.6 Å². The summed E-state index contributed by atoms with van der Waals surface area (Å²) in [4.78, 5) is 0. The number of hydrogen-bond donors (Lipinski definition) is 2. The molecular formula is C17H12F2N2. The van der Waals surface area contributed by atoms with Crippen LogP contribution in [0.2, 0.25) is 0 Å². The van der Waals surface area contributed by atoms with Crippen LogP contribution in [0.3, 0.4) is 0 Å². The molecule has 0 atom stereocenters. The van der Waals surface area contributed by atoms with Crippen molar-refractivity contribution >= 4 is 22.1 Å². The fourth-order valence-corrected chi connectivity index (χ4v) is 2.82. The van der Waals surface area contributed by atoms with Crippen LogP contribution in [0.1, 0.15) is 11.7 Å². The van der Waals surface area contributed by atoms with E-state index in [9.17, 15) is 8.78 Å². The van der Waals surface area contributed by atoms with Gasteiger partial charge in [0, 0.05) is 28.4 Å². The molecule has 1 aliphatic rings. The van der Waals surface area contributed by atoms with Gasteiger partial charge in [-0.1, -0.05) is 24.3 Å². The second kappa shape index (κ2) is 4.45. The van der Waals surface area contributed by atoms with Gasteiger partial charge >= 0.3 is 0 Å². The Morgan fingerprint density at radius 3 is 2.10 bits per heavy atom. The molecule has 0 amide bonds. The number of rotatable bonds is 1. The van der Waals surface area contributed by atoms with Crippen molar-refractivity contribution in [3.05, 3.63) is 71.8 Å². The molecule has 0 spiro atoms. The molecular weight excluding hydrogens is 270 g/mol. The summed E-state index contributed by atoms with van der Waals surface area (Å²) in [5.41, 5.74) is 2.27. The minimum atomic E-state index is -0.574. The topological polar surface area (TPSA) is 24.1 Å². The van der Waals surface area contributed by atoms with E-state index < -0.39 is 17.8 Å². The molecule has 2 N–H and O–H groups in total. The lowest BCUT2D eigenvalue weighted by molar-refractivity contribution is 0.567. The third-order valence-electron chi connectivity index (χ3n) is 3.78. The maximum Gasteiger partial charge on any atom is 0.133 e. The van der Waals surface area contributed by atoms with Crippen molar-refractivity contribution in [2.75, 3.05) is 10.6 Å². The molecule has 21 heavy (non-hydrogen) atoms. The van der Waals surface area contributed by atoms with Gasteiger partial charge in [-0.05, 0) is 29.7 Å². The highest BCUT2D eigenvalue weighted by atomic mass is 19.1. The van der Waals surface area contributed by atoms with Gasteiger partial charge in [0.05, 0.1) is 0 Å². The fourth-order valence-electron chi connectivity index (χ4n) is 2.82. The largest absolute Gasteiger partial charge is 0.361 e. The Labute approximate surface area is 120 Å². The van der Waals surface area contributed by atoms with E-state index in [-0.39, 0.29) is 0 Å². The second-order valence-corrected chi connectivity index (χ2v) is 5.10. The van der Waals surface area contributed by atoms with Crippen molar-refractivity contribution in [2.24, 2.45) is 0 Å². The summed E-state index contributed by atoms with van der Waals surface area (Å²) in [6.07, 6.45) is -0.425. The quantitative estimate of drug-likeness (QED) is 0.678. The first kappa shape index (κ1) is 12.1. The molecule has 0 fully saturated rings. The van der Waals surface area contributed by atoms with Crippen molar-refractivity contribution in [3.8, 4) is 0 Å². The lowest BCUT2D eigenvalue weighted by atomic mass is 10.0. The van der Waals surface area contributed by atoms with E-state index >= 15 is 0 Å². The zero-order valence-electron chi connectivity index (χ0n) is 11.0. The van der Waals surface area contributed by atoms with Gasteiger partial charge in [0.25, 0.3) is 0 Å². The van der Waals surface area contributed by atoms with Crippen LogP contribution in [0, 0.1) is 11.6 Å². The monoisotopic (exact) mass is 282 g/mol. The van der Waals surface area contributed by atoms with E-state index in [0.29, 0.717) is 5.56 Å². The van der Waals surface area contributed by atoms with Crippen LogP contribution in [0.4, 0.5) is 20.2 Å². The Balaban J connectivity index is 1.83. The van der Waals surface area contributed by atoms with Crippen LogP contribution in [0.5, 0.6) is 0 Å². The van der Waals surface area contributed by atoms with Crippen LogP contribution in [-0.2, 0) is 0 Å². The van der Waals surface area contributed by atoms with Crippen LogP contribution >= 0.6 is 0 Å². The highest BCUT2D eigenvalue weighted by Gasteiger charge is 2.22. The lowest BCUT2D eigenvalue weighted by Gasteiger charge is -2.30. The van der Waals surface area contributed by atoms with Gasteiger partial charge in [0.2, 0.25) is 0 Å². The Kier molecular flexibility index (Phi) is 2.57. The summed E-state index contributed by atoms with van der Waals surface area (Å²) in [5, 5.41) is 8.72. The first-order chi connectivity index (χ1) is 10.2. The zero-order chi connectivity index (χ0) is 14.4. The van der Waals surface area contributed by atoms with Crippen molar-refractivity contribution in [2.45, 2.75) is 6.17 Å². The highest BCUT2D eigenvalue weighted by Crippen LogP contribution is 2.38. The summed E-state index contributed by atoms with van der Waals surface area (Å²) in [6.45, 7) is 0. The van der Waals surface area contributed by atoms with Gasteiger partial charge < -0.3 is 10.6 Å². The third-order valence-corrected chi connectivity index (χ3v) is 3.78. The standard InChI is InChI=1S/C17H12F2N2/c18-11-7-8-12(13(19)9-11)17-20-14-5-1-3-10-4-2-6-15(21-17)16(10)14/h1-9,17,20-21H. The highest BCUT2D eigenvalue weighted by molar-refractivity contribution is 6.04. The van der Waals surface area contributed by atoms with E-state index in [2.05, 4.69) is 10.6 Å². The Hall–Kier alpha value is -2.62. The van der Waals surface area contributed by atoms with E-state index in [1.165, 1.54) is 12.1 Å². The number of halogens is 2. The Morgan fingerprint density at radius 1 is 0.810 bits per heavy atom. The van der Waals surface area contributed by atoms with Crippen LogP contribution in [-0.4, -0.2) is 0 Å². The van der Waals surface area contributed by atoms with Gasteiger partial charge in [0.1, 0.15) is 17.8 Å². The molecule has 0 aromatic heterocycles. The van der Waals surface area contributed by atoms with Gasteiger partial charge in [-0.3, -0.25) is 0 Å². The molecule has 0 bridgehead atoms. The number of benzene rings is 3. The summed E-state index contributed by atoms with van der Waals surface area (Å²) < 4.78 is 27.0. The summed E-state index contributed by atoms with van der Waals surface area (Å²) in [5.74, 6) is -1.14. The zero-order valence-corrected chi connectivity index (χ0v) is 11.0. The molecule has 1 aliphatic heterocycles. The van der Waals surface area contributed by atoms with Crippen LogP contribution in [0.15, 0.2) is 54.6 Å². The first-order valence-corrected chi connectivity index (χ1v) is 6.72. The maximum absolute atomic E-state index is 14.0. The average Bonchev–Trinajstić information content (AvgIpc) is 2.47. The van der Waals surface area contributed by atoms with Crippen molar-refractivity contribution in [1.82, 2.24) is 0 Å². The van der Waals surface area contributed by atoms with Gasteiger partial charge in [-0.25, -0.2) is 8.78 Å². The predicted molar refractivity (Wildman–Crippen MR) is 80.3 cm³/mol. The molecule has 1 heterocycles. The predicted octanol–water partition coefficient (Wildman–Crippen LogP) is 4.65.